The summed E-state index contributed by atoms with van der Waals surface area (Å²) in [5, 5.41) is 11.4. The Bertz CT molecular complexity index is 991. The molecule has 0 saturated heterocycles. The third-order valence-electron chi connectivity index (χ3n) is 3.86. The zero-order valence-electron chi connectivity index (χ0n) is 14.9. The minimum absolute atomic E-state index is 0.227. The van der Waals surface area contributed by atoms with E-state index in [-0.39, 0.29) is 6.61 Å². The third kappa shape index (κ3) is 4.18. The first-order chi connectivity index (χ1) is 12.6. The van der Waals surface area contributed by atoms with E-state index in [2.05, 4.69) is 41.3 Å². The molecule has 26 heavy (non-hydrogen) atoms. The number of nitrogens with one attached hydrogen (secondary N) is 1. The molecule has 1 N–H and O–H groups in total. The second-order valence-corrected chi connectivity index (χ2v) is 6.22. The standard InChI is InChI=1S/C19H20N4O2S/c1-13-7-8-15(14(2)9-13)11-20-23-18(21-22-19(23)26)12-25-17-6-4-5-16(10-17)24-3/h4-11H,12H2,1-3H3,(H,22,26)/b20-11-. The molecule has 0 spiro atoms. The second kappa shape index (κ2) is 7.97. The number of ether oxygens (including phenoxy) is 2. The van der Waals surface area contributed by atoms with Gasteiger partial charge in [0.25, 0.3) is 0 Å². The van der Waals surface area contributed by atoms with Gasteiger partial charge in [0.2, 0.25) is 4.77 Å². The Hall–Kier alpha value is -2.93. The third-order valence-corrected chi connectivity index (χ3v) is 4.13. The Morgan fingerprint density at radius 3 is 2.77 bits per heavy atom. The van der Waals surface area contributed by atoms with Gasteiger partial charge in [-0.1, -0.05) is 29.8 Å². The molecule has 0 bridgehead atoms. The first-order valence-electron chi connectivity index (χ1n) is 8.11. The summed E-state index contributed by atoms with van der Waals surface area (Å²) >= 11 is 5.27. The van der Waals surface area contributed by atoms with Crippen molar-refractivity contribution in [3.05, 3.63) is 69.8 Å². The minimum Gasteiger partial charge on any atom is -0.497 e. The first-order valence-corrected chi connectivity index (χ1v) is 8.52. The SMILES string of the molecule is COc1cccc(OCc2n[nH]c(=S)n2/N=C\c2ccc(C)cc2C)c1. The molecule has 0 aliphatic heterocycles. The number of aromatic amines is 1. The van der Waals surface area contributed by atoms with Crippen molar-refractivity contribution >= 4 is 18.4 Å². The summed E-state index contributed by atoms with van der Waals surface area (Å²) < 4.78 is 12.9. The molecule has 0 atom stereocenters. The number of hydrogen-bond donors (Lipinski definition) is 1. The fraction of sp³-hybridized carbons (Fsp3) is 0.211. The van der Waals surface area contributed by atoms with Gasteiger partial charge in [-0.3, -0.25) is 0 Å². The summed E-state index contributed by atoms with van der Waals surface area (Å²) in [7, 11) is 1.62. The number of H-pyrrole nitrogens is 1. The maximum Gasteiger partial charge on any atom is 0.216 e. The van der Waals surface area contributed by atoms with Crippen molar-refractivity contribution in [2.45, 2.75) is 20.5 Å². The van der Waals surface area contributed by atoms with Gasteiger partial charge in [-0.2, -0.15) is 14.9 Å². The molecule has 7 heteroatoms. The van der Waals surface area contributed by atoms with E-state index in [1.54, 1.807) is 18.0 Å². The Kier molecular flexibility index (Phi) is 5.48. The van der Waals surface area contributed by atoms with Gasteiger partial charge in [-0.25, -0.2) is 5.10 Å². The highest BCUT2D eigenvalue weighted by atomic mass is 32.1. The van der Waals surface area contributed by atoms with E-state index in [1.165, 1.54) is 5.56 Å². The van der Waals surface area contributed by atoms with E-state index in [9.17, 15) is 0 Å². The van der Waals surface area contributed by atoms with Crippen molar-refractivity contribution < 1.29 is 9.47 Å². The van der Waals surface area contributed by atoms with Crippen LogP contribution in [0.1, 0.15) is 22.5 Å². The monoisotopic (exact) mass is 368 g/mol. The number of nitrogens with zero attached hydrogens (tertiary/aromatic N) is 3. The fourth-order valence-electron chi connectivity index (χ4n) is 2.47. The van der Waals surface area contributed by atoms with E-state index in [0.29, 0.717) is 16.3 Å². The average Bonchev–Trinajstić information content (AvgIpc) is 2.99. The van der Waals surface area contributed by atoms with Crippen LogP contribution in [-0.4, -0.2) is 28.2 Å². The number of aryl methyl sites for hydroxylation is 2. The van der Waals surface area contributed by atoms with Crippen molar-refractivity contribution in [3.8, 4) is 11.5 Å². The van der Waals surface area contributed by atoms with Crippen LogP contribution < -0.4 is 9.47 Å². The smallest absolute Gasteiger partial charge is 0.216 e. The molecule has 0 aliphatic carbocycles. The molecule has 134 valence electrons. The Labute approximate surface area is 157 Å². The predicted octanol–water partition coefficient (Wildman–Crippen LogP) is 4.03. The number of rotatable bonds is 6. The zero-order chi connectivity index (χ0) is 18.5. The summed E-state index contributed by atoms with van der Waals surface area (Å²) in [5.74, 6) is 2.00. The Morgan fingerprint density at radius 1 is 1.19 bits per heavy atom. The van der Waals surface area contributed by atoms with Crippen molar-refractivity contribution in [3.63, 3.8) is 0 Å². The van der Waals surface area contributed by atoms with Crippen LogP contribution in [-0.2, 0) is 6.61 Å². The van der Waals surface area contributed by atoms with Crippen LogP contribution in [0, 0.1) is 18.6 Å². The summed E-state index contributed by atoms with van der Waals surface area (Å²) in [6.07, 6.45) is 1.77. The number of methoxy groups -OCH3 is 1. The van der Waals surface area contributed by atoms with Crippen molar-refractivity contribution in [1.82, 2.24) is 14.9 Å². The molecule has 3 aromatic rings. The van der Waals surface area contributed by atoms with Crippen LogP contribution in [0.2, 0.25) is 0 Å². The molecule has 6 nitrogen and oxygen atoms in total. The van der Waals surface area contributed by atoms with Crippen molar-refractivity contribution in [2.75, 3.05) is 7.11 Å². The first kappa shape index (κ1) is 17.9. The molecule has 0 saturated carbocycles. The van der Waals surface area contributed by atoms with Gasteiger partial charge in [0.1, 0.15) is 18.1 Å². The zero-order valence-corrected chi connectivity index (χ0v) is 15.7. The van der Waals surface area contributed by atoms with E-state index < -0.39 is 0 Å². The van der Waals surface area contributed by atoms with Gasteiger partial charge in [-0.05, 0) is 49.3 Å². The molecular formula is C19H20N4O2S. The van der Waals surface area contributed by atoms with Gasteiger partial charge in [0.05, 0.1) is 13.3 Å². The van der Waals surface area contributed by atoms with Crippen LogP contribution >= 0.6 is 12.2 Å². The summed E-state index contributed by atoms with van der Waals surface area (Å²) in [4.78, 5) is 0. The highest BCUT2D eigenvalue weighted by Gasteiger charge is 2.07. The van der Waals surface area contributed by atoms with Crippen LogP contribution in [0.3, 0.4) is 0 Å². The lowest BCUT2D eigenvalue weighted by atomic mass is 10.1. The second-order valence-electron chi connectivity index (χ2n) is 5.83. The largest absolute Gasteiger partial charge is 0.497 e. The highest BCUT2D eigenvalue weighted by molar-refractivity contribution is 7.71. The van der Waals surface area contributed by atoms with Crippen LogP contribution in [0.25, 0.3) is 0 Å². The minimum atomic E-state index is 0.227. The van der Waals surface area contributed by atoms with Gasteiger partial charge < -0.3 is 9.47 Å². The molecule has 0 radical (unpaired) electrons. The van der Waals surface area contributed by atoms with Crippen molar-refractivity contribution in [1.29, 1.82) is 0 Å². The summed E-state index contributed by atoms with van der Waals surface area (Å²) in [6.45, 7) is 4.34. The molecular weight excluding hydrogens is 348 g/mol. The van der Waals surface area contributed by atoms with Crippen LogP contribution in [0.4, 0.5) is 0 Å². The van der Waals surface area contributed by atoms with Gasteiger partial charge in [-0.15, -0.1) is 0 Å². The number of hydrogen-bond acceptors (Lipinski definition) is 5. The Morgan fingerprint density at radius 2 is 2.00 bits per heavy atom. The lowest BCUT2D eigenvalue weighted by Crippen LogP contribution is -2.04. The van der Waals surface area contributed by atoms with Gasteiger partial charge in [0.15, 0.2) is 5.82 Å². The number of aromatic nitrogens is 3. The molecule has 1 heterocycles. The lowest BCUT2D eigenvalue weighted by molar-refractivity contribution is 0.288. The van der Waals surface area contributed by atoms with Crippen molar-refractivity contribution in [2.24, 2.45) is 5.10 Å². The fourth-order valence-corrected chi connectivity index (χ4v) is 2.66. The van der Waals surface area contributed by atoms with Crippen LogP contribution in [0.15, 0.2) is 47.6 Å². The van der Waals surface area contributed by atoms with Crippen LogP contribution in [0.5, 0.6) is 11.5 Å². The van der Waals surface area contributed by atoms with Gasteiger partial charge >= 0.3 is 0 Å². The van der Waals surface area contributed by atoms with E-state index >= 15 is 0 Å². The van der Waals surface area contributed by atoms with E-state index in [1.807, 2.05) is 30.3 Å². The summed E-state index contributed by atoms with van der Waals surface area (Å²) in [5.41, 5.74) is 3.39. The normalized spacial score (nSPS) is 11.0. The molecule has 0 unspecified atom stereocenters. The maximum absolute atomic E-state index is 5.78. The quantitative estimate of drug-likeness (QED) is 0.527. The molecule has 3 rings (SSSR count). The van der Waals surface area contributed by atoms with E-state index in [0.717, 1.165) is 16.9 Å². The van der Waals surface area contributed by atoms with Gasteiger partial charge in [0, 0.05) is 6.07 Å². The predicted molar refractivity (Wildman–Crippen MR) is 104 cm³/mol. The average molecular weight is 368 g/mol. The molecule has 2 aromatic carbocycles. The van der Waals surface area contributed by atoms with E-state index in [4.69, 9.17) is 21.7 Å². The molecule has 1 aromatic heterocycles. The maximum atomic E-state index is 5.78. The highest BCUT2D eigenvalue weighted by Crippen LogP contribution is 2.19. The molecule has 0 aliphatic rings. The lowest BCUT2D eigenvalue weighted by Gasteiger charge is -2.07. The Balaban J connectivity index is 1.78. The molecule has 0 amide bonds. The number of benzene rings is 2. The topological polar surface area (TPSA) is 64.4 Å². The summed E-state index contributed by atoms with van der Waals surface area (Å²) in [6, 6.07) is 13.6. The molecule has 0 fully saturated rings.